The second-order valence-electron chi connectivity index (χ2n) is 5.58. The van der Waals surface area contributed by atoms with Crippen molar-refractivity contribution in [3.8, 4) is 5.75 Å². The monoisotopic (exact) mass is 294 g/mol. The first-order valence-electron chi connectivity index (χ1n) is 6.76. The smallest absolute Gasteiger partial charge is 0.311 e. The standard InChI is InChI=1S/C14H18N2O5/c1-9(2)21-12-6-10(5-11(7-12)16(19)20)15-8-14(3-4-14)13(17)18/h5-7,9,15H,3-4,8H2,1-2H3,(H,17,18). The first-order chi connectivity index (χ1) is 9.82. The van der Waals surface area contributed by atoms with Gasteiger partial charge in [0.2, 0.25) is 0 Å². The number of nitro groups is 1. The maximum absolute atomic E-state index is 11.1. The van der Waals surface area contributed by atoms with Gasteiger partial charge in [0.15, 0.2) is 0 Å². The van der Waals surface area contributed by atoms with Crippen LogP contribution in [0.25, 0.3) is 0 Å². The van der Waals surface area contributed by atoms with E-state index in [1.807, 2.05) is 13.8 Å². The van der Waals surface area contributed by atoms with E-state index in [1.165, 1.54) is 12.1 Å². The summed E-state index contributed by atoms with van der Waals surface area (Å²) in [4.78, 5) is 21.6. The lowest BCUT2D eigenvalue weighted by atomic mass is 10.1. The van der Waals surface area contributed by atoms with Crippen molar-refractivity contribution in [2.75, 3.05) is 11.9 Å². The van der Waals surface area contributed by atoms with Gasteiger partial charge in [-0.15, -0.1) is 0 Å². The number of carbonyl (C=O) groups is 1. The van der Waals surface area contributed by atoms with E-state index in [9.17, 15) is 14.9 Å². The molecule has 1 saturated carbocycles. The number of nitrogens with one attached hydrogen (secondary N) is 1. The predicted molar refractivity (Wildman–Crippen MR) is 76.7 cm³/mol. The van der Waals surface area contributed by atoms with Gasteiger partial charge in [-0.1, -0.05) is 0 Å². The van der Waals surface area contributed by atoms with Gasteiger partial charge in [0.25, 0.3) is 5.69 Å². The van der Waals surface area contributed by atoms with Gasteiger partial charge in [-0.05, 0) is 26.7 Å². The maximum atomic E-state index is 11.1. The molecule has 7 heteroatoms. The van der Waals surface area contributed by atoms with Gasteiger partial charge in [-0.3, -0.25) is 14.9 Å². The number of anilines is 1. The van der Waals surface area contributed by atoms with Crippen LogP contribution in [0.15, 0.2) is 18.2 Å². The third kappa shape index (κ3) is 3.62. The predicted octanol–water partition coefficient (Wildman–Crippen LogP) is 2.66. The largest absolute Gasteiger partial charge is 0.491 e. The summed E-state index contributed by atoms with van der Waals surface area (Å²) < 4.78 is 5.48. The SMILES string of the molecule is CC(C)Oc1cc(NCC2(C(=O)O)CC2)cc([N+](=O)[O-])c1. The Morgan fingerprint density at radius 3 is 2.62 bits per heavy atom. The minimum absolute atomic E-state index is 0.0872. The topological polar surface area (TPSA) is 102 Å². The van der Waals surface area contributed by atoms with Gasteiger partial charge in [-0.2, -0.15) is 0 Å². The molecule has 0 atom stereocenters. The lowest BCUT2D eigenvalue weighted by Crippen LogP contribution is -2.24. The van der Waals surface area contributed by atoms with E-state index in [0.717, 1.165) is 0 Å². The van der Waals surface area contributed by atoms with Crippen LogP contribution < -0.4 is 10.1 Å². The van der Waals surface area contributed by atoms with Crippen molar-refractivity contribution in [1.82, 2.24) is 0 Å². The molecule has 1 aromatic rings. The molecule has 0 heterocycles. The number of hydrogen-bond donors (Lipinski definition) is 2. The molecule has 114 valence electrons. The quantitative estimate of drug-likeness (QED) is 0.592. The number of carboxylic acids is 1. The van der Waals surface area contributed by atoms with Crippen molar-refractivity contribution in [3.63, 3.8) is 0 Å². The fourth-order valence-corrected chi connectivity index (χ4v) is 2.02. The minimum atomic E-state index is -0.834. The second kappa shape index (κ2) is 5.59. The van der Waals surface area contributed by atoms with Gasteiger partial charge in [0.05, 0.1) is 22.5 Å². The first-order valence-corrected chi connectivity index (χ1v) is 6.76. The Hall–Kier alpha value is -2.31. The zero-order valence-corrected chi connectivity index (χ0v) is 12.0. The molecule has 0 radical (unpaired) electrons. The third-order valence-corrected chi connectivity index (χ3v) is 3.41. The fraction of sp³-hybridized carbons (Fsp3) is 0.500. The zero-order chi connectivity index (χ0) is 15.6. The molecule has 1 aromatic carbocycles. The Morgan fingerprint density at radius 1 is 1.48 bits per heavy atom. The van der Waals surface area contributed by atoms with Crippen molar-refractivity contribution in [2.24, 2.45) is 5.41 Å². The number of nitro benzene ring substituents is 1. The molecule has 0 bridgehead atoms. The molecule has 7 nitrogen and oxygen atoms in total. The van der Waals surface area contributed by atoms with Crippen LogP contribution in [0.2, 0.25) is 0 Å². The number of ether oxygens (including phenoxy) is 1. The highest BCUT2D eigenvalue weighted by atomic mass is 16.6. The number of rotatable bonds is 7. The molecule has 0 unspecified atom stereocenters. The van der Waals surface area contributed by atoms with Gasteiger partial charge in [0, 0.05) is 24.4 Å². The fourth-order valence-electron chi connectivity index (χ4n) is 2.02. The van der Waals surface area contributed by atoms with E-state index in [-0.39, 0.29) is 18.3 Å². The van der Waals surface area contributed by atoms with Crippen LogP contribution >= 0.6 is 0 Å². The molecule has 0 saturated heterocycles. The molecule has 0 aliphatic heterocycles. The Bertz CT molecular complexity index is 566. The van der Waals surface area contributed by atoms with Crippen molar-refractivity contribution >= 4 is 17.3 Å². The molecule has 0 aromatic heterocycles. The lowest BCUT2D eigenvalue weighted by molar-refractivity contribution is -0.384. The Labute approximate surface area is 122 Å². The summed E-state index contributed by atoms with van der Waals surface area (Å²) in [5.74, 6) is -0.444. The molecule has 2 N–H and O–H groups in total. The van der Waals surface area contributed by atoms with Crippen molar-refractivity contribution in [1.29, 1.82) is 0 Å². The summed E-state index contributed by atoms with van der Waals surface area (Å²) in [6.45, 7) is 3.91. The highest BCUT2D eigenvalue weighted by molar-refractivity contribution is 5.78. The average Bonchev–Trinajstić information content (AvgIpc) is 3.16. The maximum Gasteiger partial charge on any atom is 0.311 e. The summed E-state index contributed by atoms with van der Waals surface area (Å²) >= 11 is 0. The van der Waals surface area contributed by atoms with Crippen molar-refractivity contribution in [3.05, 3.63) is 28.3 Å². The number of nitrogens with zero attached hydrogens (tertiary/aromatic N) is 1. The Morgan fingerprint density at radius 2 is 2.14 bits per heavy atom. The van der Waals surface area contributed by atoms with Crippen molar-refractivity contribution in [2.45, 2.75) is 32.8 Å². The van der Waals surface area contributed by atoms with E-state index in [4.69, 9.17) is 9.84 Å². The number of aliphatic carboxylic acids is 1. The van der Waals surface area contributed by atoms with E-state index in [2.05, 4.69) is 5.32 Å². The third-order valence-electron chi connectivity index (χ3n) is 3.41. The minimum Gasteiger partial charge on any atom is -0.491 e. The normalized spacial score (nSPS) is 15.6. The number of benzene rings is 1. The van der Waals surface area contributed by atoms with Crippen LogP contribution in [0.4, 0.5) is 11.4 Å². The van der Waals surface area contributed by atoms with Crippen LogP contribution in [0.3, 0.4) is 0 Å². The second-order valence-corrected chi connectivity index (χ2v) is 5.58. The Balaban J connectivity index is 2.16. The van der Waals surface area contributed by atoms with E-state index < -0.39 is 16.3 Å². The van der Waals surface area contributed by atoms with Gasteiger partial charge >= 0.3 is 5.97 Å². The molecule has 1 aliphatic rings. The van der Waals surface area contributed by atoms with Gasteiger partial charge in [-0.25, -0.2) is 0 Å². The first kappa shape index (κ1) is 15.1. The number of non-ortho nitro benzene ring substituents is 1. The highest BCUT2D eigenvalue weighted by Gasteiger charge is 2.50. The Kier molecular flexibility index (Phi) is 4.02. The summed E-state index contributed by atoms with van der Waals surface area (Å²) in [6.07, 6.45) is 1.15. The zero-order valence-electron chi connectivity index (χ0n) is 12.0. The summed E-state index contributed by atoms with van der Waals surface area (Å²) in [6, 6.07) is 4.38. The summed E-state index contributed by atoms with van der Waals surface area (Å²) in [7, 11) is 0. The molecular formula is C14H18N2O5. The van der Waals surface area contributed by atoms with Gasteiger partial charge < -0.3 is 15.2 Å². The van der Waals surface area contributed by atoms with Crippen molar-refractivity contribution < 1.29 is 19.6 Å². The van der Waals surface area contributed by atoms with E-state index in [1.54, 1.807) is 6.07 Å². The molecule has 0 spiro atoms. The molecule has 1 aliphatic carbocycles. The molecular weight excluding hydrogens is 276 g/mol. The summed E-state index contributed by atoms with van der Waals surface area (Å²) in [5, 5.41) is 23.0. The van der Waals surface area contributed by atoms with Crippen LogP contribution in [0.5, 0.6) is 5.75 Å². The number of carboxylic acid groups (broad SMARTS) is 1. The van der Waals surface area contributed by atoms with Crippen LogP contribution in [0.1, 0.15) is 26.7 Å². The van der Waals surface area contributed by atoms with Gasteiger partial charge in [0.1, 0.15) is 5.75 Å². The number of hydrogen-bond acceptors (Lipinski definition) is 5. The summed E-state index contributed by atoms with van der Waals surface area (Å²) in [5.41, 5.74) is -0.327. The highest BCUT2D eigenvalue weighted by Crippen LogP contribution is 2.46. The molecule has 21 heavy (non-hydrogen) atoms. The van der Waals surface area contributed by atoms with Crippen LogP contribution in [-0.4, -0.2) is 28.6 Å². The van der Waals surface area contributed by atoms with Crippen LogP contribution in [-0.2, 0) is 4.79 Å². The van der Waals surface area contributed by atoms with E-state index in [0.29, 0.717) is 24.3 Å². The van der Waals surface area contributed by atoms with E-state index >= 15 is 0 Å². The average molecular weight is 294 g/mol. The molecule has 1 fully saturated rings. The van der Waals surface area contributed by atoms with Crippen LogP contribution in [0, 0.1) is 15.5 Å². The molecule has 2 rings (SSSR count). The lowest BCUT2D eigenvalue weighted by Gasteiger charge is -2.14. The molecule has 0 amide bonds.